The molecule has 0 aromatic carbocycles. The van der Waals surface area contributed by atoms with E-state index in [1.165, 1.54) is 6.20 Å². The Balaban J connectivity index is 1.53. The first-order valence-electron chi connectivity index (χ1n) is 6.66. The van der Waals surface area contributed by atoms with Gasteiger partial charge in [-0.15, -0.1) is 0 Å². The summed E-state index contributed by atoms with van der Waals surface area (Å²) in [5, 5.41) is 13.9. The van der Waals surface area contributed by atoms with E-state index in [0.717, 1.165) is 38.2 Å². The van der Waals surface area contributed by atoms with Gasteiger partial charge in [-0.1, -0.05) is 5.16 Å². The molecule has 20 heavy (non-hydrogen) atoms. The molecule has 0 radical (unpaired) electrons. The molecule has 8 heteroatoms. The molecule has 1 amide bonds. The summed E-state index contributed by atoms with van der Waals surface area (Å²) in [5.74, 6) is 1.78. The van der Waals surface area contributed by atoms with E-state index in [4.69, 9.17) is 4.52 Å². The molecule has 1 fully saturated rings. The first kappa shape index (κ1) is 12.8. The molecule has 3 rings (SSSR count). The number of aryl methyl sites for hydroxylation is 1. The number of nitrogens with one attached hydrogen (secondary N) is 1. The van der Waals surface area contributed by atoms with Crippen molar-refractivity contribution >= 4 is 5.91 Å². The van der Waals surface area contributed by atoms with Crippen LogP contribution in [0.4, 0.5) is 0 Å². The van der Waals surface area contributed by atoms with E-state index in [9.17, 15) is 4.79 Å². The summed E-state index contributed by atoms with van der Waals surface area (Å²) in [6.07, 6.45) is 4.15. The molecule has 2 aromatic rings. The highest BCUT2D eigenvalue weighted by Gasteiger charge is 2.25. The molecule has 1 aliphatic heterocycles. The van der Waals surface area contributed by atoms with E-state index in [0.29, 0.717) is 17.5 Å². The Kier molecular flexibility index (Phi) is 3.44. The molecular weight excluding hydrogens is 260 g/mol. The summed E-state index contributed by atoms with van der Waals surface area (Å²) in [4.78, 5) is 18.1. The molecule has 0 bridgehead atoms. The number of carbonyl (C=O) groups excluding carboxylic acids is 1. The first-order chi connectivity index (χ1) is 9.72. The lowest BCUT2D eigenvalue weighted by Gasteiger charge is -2.30. The zero-order chi connectivity index (χ0) is 13.9. The van der Waals surface area contributed by atoms with E-state index >= 15 is 0 Å². The number of nitrogens with zero attached hydrogens (tertiary/aromatic N) is 5. The number of amides is 1. The summed E-state index contributed by atoms with van der Waals surface area (Å²) in [5.41, 5.74) is 0.372. The quantitative estimate of drug-likeness (QED) is 0.880. The van der Waals surface area contributed by atoms with Crippen LogP contribution in [0.15, 0.2) is 10.7 Å². The van der Waals surface area contributed by atoms with Crippen LogP contribution in [-0.2, 0) is 6.42 Å². The molecule has 106 valence electrons. The molecule has 1 saturated heterocycles. The van der Waals surface area contributed by atoms with E-state index in [1.54, 1.807) is 6.92 Å². The number of rotatable bonds is 3. The van der Waals surface area contributed by atoms with Gasteiger partial charge in [-0.3, -0.25) is 4.79 Å². The second kappa shape index (κ2) is 5.40. The number of H-pyrrole nitrogens is 1. The van der Waals surface area contributed by atoms with Crippen molar-refractivity contribution in [3.05, 3.63) is 23.6 Å². The van der Waals surface area contributed by atoms with Gasteiger partial charge in [0, 0.05) is 26.4 Å². The smallest absolute Gasteiger partial charge is 0.276 e. The fourth-order valence-electron chi connectivity index (χ4n) is 2.49. The summed E-state index contributed by atoms with van der Waals surface area (Å²) >= 11 is 0. The zero-order valence-corrected chi connectivity index (χ0v) is 11.2. The van der Waals surface area contributed by atoms with Gasteiger partial charge in [0.2, 0.25) is 5.89 Å². The van der Waals surface area contributed by atoms with E-state index in [1.807, 2.05) is 4.90 Å². The Morgan fingerprint density at radius 3 is 2.90 bits per heavy atom. The lowest BCUT2D eigenvalue weighted by molar-refractivity contribution is 0.0683. The highest BCUT2D eigenvalue weighted by Crippen LogP contribution is 2.21. The van der Waals surface area contributed by atoms with E-state index in [-0.39, 0.29) is 5.91 Å². The first-order valence-corrected chi connectivity index (χ1v) is 6.66. The van der Waals surface area contributed by atoms with Crippen molar-refractivity contribution in [1.29, 1.82) is 0 Å². The highest BCUT2D eigenvalue weighted by atomic mass is 16.5. The maximum absolute atomic E-state index is 12.1. The number of hydrogen-bond donors (Lipinski definition) is 1. The van der Waals surface area contributed by atoms with Crippen molar-refractivity contribution in [2.45, 2.75) is 26.2 Å². The molecule has 0 aliphatic carbocycles. The Hall–Kier alpha value is -2.25. The molecule has 8 nitrogen and oxygen atoms in total. The summed E-state index contributed by atoms with van der Waals surface area (Å²) in [6, 6.07) is 0. The lowest BCUT2D eigenvalue weighted by Crippen LogP contribution is -2.39. The fourth-order valence-corrected chi connectivity index (χ4v) is 2.49. The standard InChI is InChI=1S/C12H16N6O2/c1-8-14-11(16-20-8)6-9-2-4-18(5-3-9)12(19)10-7-13-17-15-10/h7,9H,2-6H2,1H3,(H,13,15,17). The van der Waals surface area contributed by atoms with Crippen LogP contribution in [-0.4, -0.2) is 49.4 Å². The van der Waals surface area contributed by atoms with Crippen LogP contribution in [0.2, 0.25) is 0 Å². The molecule has 1 aliphatic rings. The van der Waals surface area contributed by atoms with Crippen LogP contribution in [0.5, 0.6) is 0 Å². The molecule has 2 aromatic heterocycles. The SMILES string of the molecule is Cc1nc(CC2CCN(C(=O)c3cn[nH]n3)CC2)no1. The fraction of sp³-hybridized carbons (Fsp3) is 0.583. The summed E-state index contributed by atoms with van der Waals surface area (Å²) < 4.78 is 4.97. The van der Waals surface area contributed by atoms with Gasteiger partial charge in [-0.2, -0.15) is 20.4 Å². The average Bonchev–Trinajstić information content (AvgIpc) is 3.11. The van der Waals surface area contributed by atoms with Crippen molar-refractivity contribution in [2.24, 2.45) is 5.92 Å². The van der Waals surface area contributed by atoms with Gasteiger partial charge in [0.15, 0.2) is 11.5 Å². The third-order valence-corrected chi connectivity index (χ3v) is 3.58. The Morgan fingerprint density at radius 2 is 2.30 bits per heavy atom. The van der Waals surface area contributed by atoms with Crippen LogP contribution >= 0.6 is 0 Å². The number of likely N-dealkylation sites (tertiary alicyclic amines) is 1. The zero-order valence-electron chi connectivity index (χ0n) is 11.2. The Bertz CT molecular complexity index is 571. The maximum Gasteiger partial charge on any atom is 0.276 e. The monoisotopic (exact) mass is 276 g/mol. The second-order valence-electron chi connectivity index (χ2n) is 5.02. The van der Waals surface area contributed by atoms with Gasteiger partial charge >= 0.3 is 0 Å². The van der Waals surface area contributed by atoms with Crippen LogP contribution in [0.25, 0.3) is 0 Å². The Labute approximate surface area is 115 Å². The highest BCUT2D eigenvalue weighted by molar-refractivity contribution is 5.91. The number of aromatic nitrogens is 5. The molecule has 0 unspecified atom stereocenters. The minimum atomic E-state index is -0.0624. The van der Waals surface area contributed by atoms with Crippen LogP contribution in [0.3, 0.4) is 0 Å². The molecule has 0 atom stereocenters. The predicted molar refractivity (Wildman–Crippen MR) is 67.7 cm³/mol. The van der Waals surface area contributed by atoms with Crippen molar-refractivity contribution in [1.82, 2.24) is 30.5 Å². The van der Waals surface area contributed by atoms with Gasteiger partial charge in [0.1, 0.15) is 0 Å². The number of aromatic amines is 1. The summed E-state index contributed by atoms with van der Waals surface area (Å²) in [6.45, 7) is 3.25. The maximum atomic E-state index is 12.1. The molecule has 1 N–H and O–H groups in total. The van der Waals surface area contributed by atoms with Crippen molar-refractivity contribution in [2.75, 3.05) is 13.1 Å². The molecule has 3 heterocycles. The van der Waals surface area contributed by atoms with Crippen LogP contribution < -0.4 is 0 Å². The Morgan fingerprint density at radius 1 is 1.50 bits per heavy atom. The van der Waals surface area contributed by atoms with Crippen molar-refractivity contribution < 1.29 is 9.32 Å². The van der Waals surface area contributed by atoms with Gasteiger partial charge in [0.05, 0.1) is 6.20 Å². The predicted octanol–water partition coefficient (Wildman–Crippen LogP) is 0.591. The third-order valence-electron chi connectivity index (χ3n) is 3.58. The van der Waals surface area contributed by atoms with Gasteiger partial charge in [-0.05, 0) is 18.8 Å². The number of carbonyl (C=O) groups is 1. The minimum Gasteiger partial charge on any atom is -0.340 e. The van der Waals surface area contributed by atoms with Crippen molar-refractivity contribution in [3.8, 4) is 0 Å². The average molecular weight is 276 g/mol. The van der Waals surface area contributed by atoms with E-state index in [2.05, 4.69) is 25.6 Å². The van der Waals surface area contributed by atoms with Crippen molar-refractivity contribution in [3.63, 3.8) is 0 Å². The lowest BCUT2D eigenvalue weighted by atomic mass is 9.93. The molecular formula is C12H16N6O2. The largest absolute Gasteiger partial charge is 0.340 e. The number of piperidine rings is 1. The van der Waals surface area contributed by atoms with E-state index < -0.39 is 0 Å². The molecule has 0 saturated carbocycles. The minimum absolute atomic E-state index is 0.0624. The normalized spacial score (nSPS) is 16.6. The van der Waals surface area contributed by atoms with Gasteiger partial charge < -0.3 is 9.42 Å². The van der Waals surface area contributed by atoms with Gasteiger partial charge in [-0.25, -0.2) is 0 Å². The van der Waals surface area contributed by atoms with Crippen LogP contribution in [0, 0.1) is 12.8 Å². The summed E-state index contributed by atoms with van der Waals surface area (Å²) in [7, 11) is 0. The molecule has 0 spiro atoms. The third kappa shape index (κ3) is 2.68. The number of hydrogen-bond acceptors (Lipinski definition) is 6. The van der Waals surface area contributed by atoms with Crippen LogP contribution in [0.1, 0.15) is 35.0 Å². The second-order valence-corrected chi connectivity index (χ2v) is 5.02. The van der Waals surface area contributed by atoms with Gasteiger partial charge in [0.25, 0.3) is 5.91 Å². The topological polar surface area (TPSA) is 101 Å².